The molecule has 10 aromatic rings. The van der Waals surface area contributed by atoms with Crippen LogP contribution in [0.1, 0.15) is 5.56 Å². The van der Waals surface area contributed by atoms with Crippen LogP contribution in [-0.2, 0) is 0 Å². The van der Waals surface area contributed by atoms with Gasteiger partial charge in [-0.2, -0.15) is 0 Å². The zero-order valence-electron chi connectivity index (χ0n) is 29.1. The molecule has 0 radical (unpaired) electrons. The highest BCUT2D eigenvalue weighted by Gasteiger charge is 2.15. The average molecular weight is 696 g/mol. The van der Waals surface area contributed by atoms with Crippen LogP contribution in [0.2, 0.25) is 0 Å². The van der Waals surface area contributed by atoms with Gasteiger partial charge in [-0.1, -0.05) is 133 Å². The first-order chi connectivity index (χ1) is 26.1. The van der Waals surface area contributed by atoms with Gasteiger partial charge in [0.2, 0.25) is 0 Å². The van der Waals surface area contributed by atoms with Gasteiger partial charge >= 0.3 is 0 Å². The van der Waals surface area contributed by atoms with Crippen LogP contribution in [0.25, 0.3) is 92.9 Å². The third-order valence-corrected chi connectivity index (χ3v) is 11.3. The molecule has 0 N–H and O–H groups in total. The highest BCUT2D eigenvalue weighted by atomic mass is 32.1. The SMILES string of the molecule is Cc1ccc2c(ccn2-c2ccc3sc4c(-c5ccc(-c6cc(-c7cccc(-c8ccccc8)c7)nc(-c7ccccc7)n6)cc5)cccc4c3c2)c1. The lowest BCUT2D eigenvalue weighted by Crippen LogP contribution is -1.96. The monoisotopic (exact) mass is 695 g/mol. The van der Waals surface area contributed by atoms with Crippen molar-refractivity contribution in [2.24, 2.45) is 0 Å². The number of hydrogen-bond donors (Lipinski definition) is 0. The molecule has 4 heteroatoms. The number of benzene rings is 7. The molecule has 3 nitrogen and oxygen atoms in total. The van der Waals surface area contributed by atoms with Crippen LogP contribution in [0.15, 0.2) is 182 Å². The second-order valence-electron chi connectivity index (χ2n) is 13.6. The van der Waals surface area contributed by atoms with Gasteiger partial charge in [0.1, 0.15) is 0 Å². The van der Waals surface area contributed by atoms with Crippen LogP contribution in [0.4, 0.5) is 0 Å². The van der Waals surface area contributed by atoms with Crippen LogP contribution in [0.5, 0.6) is 0 Å². The van der Waals surface area contributed by atoms with E-state index < -0.39 is 0 Å². The number of thiophene rings is 1. The summed E-state index contributed by atoms with van der Waals surface area (Å²) in [6, 6.07) is 62.7. The predicted molar refractivity (Wildman–Crippen MR) is 224 cm³/mol. The normalized spacial score (nSPS) is 11.5. The second-order valence-corrected chi connectivity index (χ2v) is 14.6. The largest absolute Gasteiger partial charge is 0.317 e. The molecule has 0 amide bonds. The summed E-state index contributed by atoms with van der Waals surface area (Å²) in [5.74, 6) is 0.713. The Morgan fingerprint density at radius 1 is 0.472 bits per heavy atom. The van der Waals surface area contributed by atoms with Crippen molar-refractivity contribution in [1.82, 2.24) is 14.5 Å². The van der Waals surface area contributed by atoms with Crippen molar-refractivity contribution in [2.75, 3.05) is 0 Å². The topological polar surface area (TPSA) is 30.7 Å². The molecule has 3 heterocycles. The maximum absolute atomic E-state index is 5.10. The highest BCUT2D eigenvalue weighted by molar-refractivity contribution is 7.26. The van der Waals surface area contributed by atoms with Gasteiger partial charge in [0, 0.05) is 54.1 Å². The van der Waals surface area contributed by atoms with E-state index >= 15 is 0 Å². The molecule has 10 rings (SSSR count). The van der Waals surface area contributed by atoms with Crippen LogP contribution in [0.3, 0.4) is 0 Å². The molecule has 0 aliphatic heterocycles. The maximum Gasteiger partial charge on any atom is 0.160 e. The van der Waals surface area contributed by atoms with Crippen molar-refractivity contribution >= 4 is 42.4 Å². The highest BCUT2D eigenvalue weighted by Crippen LogP contribution is 2.41. The molecule has 7 aromatic carbocycles. The fourth-order valence-corrected chi connectivity index (χ4v) is 8.64. The van der Waals surface area contributed by atoms with E-state index in [-0.39, 0.29) is 0 Å². The number of nitrogens with zero attached hydrogens (tertiary/aromatic N) is 3. The molecule has 0 atom stereocenters. The van der Waals surface area contributed by atoms with E-state index in [0.29, 0.717) is 5.82 Å². The summed E-state index contributed by atoms with van der Waals surface area (Å²) < 4.78 is 4.88. The zero-order valence-corrected chi connectivity index (χ0v) is 29.9. The zero-order chi connectivity index (χ0) is 35.3. The Hall–Kier alpha value is -6.62. The van der Waals surface area contributed by atoms with Gasteiger partial charge in [-0.05, 0) is 77.7 Å². The number of rotatable bonds is 6. The summed E-state index contributed by atoms with van der Waals surface area (Å²) >= 11 is 1.86. The van der Waals surface area contributed by atoms with Gasteiger partial charge < -0.3 is 4.57 Å². The third kappa shape index (κ3) is 5.70. The lowest BCUT2D eigenvalue weighted by atomic mass is 9.99. The summed E-state index contributed by atoms with van der Waals surface area (Å²) in [4.78, 5) is 10.2. The average Bonchev–Trinajstić information content (AvgIpc) is 3.82. The lowest BCUT2D eigenvalue weighted by molar-refractivity contribution is 1.13. The Kier molecular flexibility index (Phi) is 7.55. The van der Waals surface area contributed by atoms with Crippen LogP contribution in [0, 0.1) is 6.92 Å². The first-order valence-electron chi connectivity index (χ1n) is 17.9. The molecule has 0 saturated carbocycles. The Morgan fingerprint density at radius 2 is 1.17 bits per heavy atom. The van der Waals surface area contributed by atoms with Crippen molar-refractivity contribution in [3.63, 3.8) is 0 Å². The van der Waals surface area contributed by atoms with E-state index in [1.807, 2.05) is 35.6 Å². The maximum atomic E-state index is 5.10. The van der Waals surface area contributed by atoms with Crippen LogP contribution in [-0.4, -0.2) is 14.5 Å². The first kappa shape index (κ1) is 31.1. The summed E-state index contributed by atoms with van der Waals surface area (Å²) in [6.45, 7) is 2.15. The second kappa shape index (κ2) is 12.9. The van der Waals surface area contributed by atoms with E-state index in [4.69, 9.17) is 9.97 Å². The standard InChI is InChI=1S/C49H33N3S/c1-32-18-24-46-39(28-32)26-27-52(46)40-23-25-47-43(30-40)42-17-9-16-41(48(42)53-47)34-19-21-35(22-20-34)44-31-45(51-49(50-44)36-12-6-3-7-13-36)38-15-8-14-37(29-38)33-10-4-2-5-11-33/h2-31H,1H3. The minimum atomic E-state index is 0.713. The molecular weight excluding hydrogens is 663 g/mol. The van der Waals surface area contributed by atoms with Crippen molar-refractivity contribution in [3.8, 4) is 61.8 Å². The Morgan fingerprint density at radius 3 is 1.98 bits per heavy atom. The molecule has 0 aliphatic carbocycles. The molecule has 0 unspecified atom stereocenters. The van der Waals surface area contributed by atoms with Crippen molar-refractivity contribution in [2.45, 2.75) is 6.92 Å². The quantitative estimate of drug-likeness (QED) is 0.173. The first-order valence-corrected chi connectivity index (χ1v) is 18.7. The third-order valence-electron chi connectivity index (χ3n) is 10.1. The molecule has 250 valence electrons. The van der Waals surface area contributed by atoms with E-state index in [1.165, 1.54) is 59.0 Å². The van der Waals surface area contributed by atoms with Crippen LogP contribution >= 0.6 is 11.3 Å². The van der Waals surface area contributed by atoms with Crippen molar-refractivity contribution < 1.29 is 0 Å². The molecule has 0 spiro atoms. The summed E-state index contributed by atoms with van der Waals surface area (Å²) in [7, 11) is 0. The molecule has 0 saturated heterocycles. The Labute approximate surface area is 312 Å². The molecule has 3 aromatic heterocycles. The van der Waals surface area contributed by atoms with Gasteiger partial charge in [0.25, 0.3) is 0 Å². The van der Waals surface area contributed by atoms with Crippen LogP contribution < -0.4 is 0 Å². The smallest absolute Gasteiger partial charge is 0.160 e. The van der Waals surface area contributed by atoms with Gasteiger partial charge in [0.05, 0.1) is 16.9 Å². The predicted octanol–water partition coefficient (Wildman–Crippen LogP) is 13.4. The number of aryl methyl sites for hydroxylation is 1. The van der Waals surface area contributed by atoms with Gasteiger partial charge in [-0.25, -0.2) is 9.97 Å². The van der Waals surface area contributed by atoms with Gasteiger partial charge in [0.15, 0.2) is 5.82 Å². The minimum absolute atomic E-state index is 0.713. The fourth-order valence-electron chi connectivity index (χ4n) is 7.42. The fraction of sp³-hybridized carbons (Fsp3) is 0.0204. The Bertz CT molecular complexity index is 2940. The number of hydrogen-bond acceptors (Lipinski definition) is 3. The number of fused-ring (bicyclic) bond motifs is 4. The van der Waals surface area contributed by atoms with E-state index in [1.54, 1.807) is 0 Å². The molecule has 0 aliphatic rings. The summed E-state index contributed by atoms with van der Waals surface area (Å²) in [5, 5.41) is 3.83. The van der Waals surface area contributed by atoms with Gasteiger partial charge in [-0.3, -0.25) is 0 Å². The van der Waals surface area contributed by atoms with E-state index in [2.05, 4.69) is 169 Å². The molecule has 0 fully saturated rings. The number of aromatic nitrogens is 3. The lowest BCUT2D eigenvalue weighted by Gasteiger charge is -2.11. The molecule has 53 heavy (non-hydrogen) atoms. The summed E-state index contributed by atoms with van der Waals surface area (Å²) in [5.41, 5.74) is 13.3. The Balaban J connectivity index is 1.03. The molecular formula is C49H33N3S. The summed E-state index contributed by atoms with van der Waals surface area (Å²) in [6.07, 6.45) is 2.18. The van der Waals surface area contributed by atoms with E-state index in [0.717, 1.165) is 33.6 Å². The van der Waals surface area contributed by atoms with Crippen molar-refractivity contribution in [3.05, 3.63) is 188 Å². The van der Waals surface area contributed by atoms with Crippen molar-refractivity contribution in [1.29, 1.82) is 0 Å². The van der Waals surface area contributed by atoms with Gasteiger partial charge in [-0.15, -0.1) is 11.3 Å². The van der Waals surface area contributed by atoms with E-state index in [9.17, 15) is 0 Å². The molecule has 0 bridgehead atoms. The minimum Gasteiger partial charge on any atom is -0.317 e.